The number of rotatable bonds is 4. The number of thiophene rings is 1. The molecule has 0 bridgehead atoms. The van der Waals surface area contributed by atoms with Gasteiger partial charge in [-0.2, -0.15) is 0 Å². The van der Waals surface area contributed by atoms with Crippen LogP contribution in [0.1, 0.15) is 17.7 Å². The number of piperidine rings is 1. The Kier molecular flexibility index (Phi) is 5.48. The predicted octanol–water partition coefficient (Wildman–Crippen LogP) is 3.31. The van der Waals surface area contributed by atoms with Crippen LogP contribution in [0.5, 0.6) is 0 Å². The van der Waals surface area contributed by atoms with Gasteiger partial charge in [0.1, 0.15) is 0 Å². The third-order valence-electron chi connectivity index (χ3n) is 4.12. The van der Waals surface area contributed by atoms with Crippen LogP contribution in [0, 0.1) is 5.92 Å². The smallest absolute Gasteiger partial charge is 0.321 e. The molecule has 2 aromatic rings. The van der Waals surface area contributed by atoms with E-state index in [0.717, 1.165) is 23.4 Å². The van der Waals surface area contributed by atoms with Crippen LogP contribution >= 0.6 is 11.3 Å². The summed E-state index contributed by atoms with van der Waals surface area (Å²) >= 11 is 1.63. The maximum absolute atomic E-state index is 12.4. The highest BCUT2D eigenvalue weighted by atomic mass is 32.1. The number of amides is 3. The van der Waals surface area contributed by atoms with E-state index >= 15 is 0 Å². The molecule has 1 aromatic heterocycles. The Morgan fingerprint density at radius 2 is 2.00 bits per heavy atom. The van der Waals surface area contributed by atoms with Crippen molar-refractivity contribution in [3.05, 3.63) is 52.7 Å². The van der Waals surface area contributed by atoms with Gasteiger partial charge < -0.3 is 15.5 Å². The lowest BCUT2D eigenvalue weighted by molar-refractivity contribution is -0.126. The van der Waals surface area contributed by atoms with Crippen LogP contribution < -0.4 is 10.6 Å². The first-order valence-electron chi connectivity index (χ1n) is 8.13. The Hall–Kier alpha value is -2.34. The lowest BCUT2D eigenvalue weighted by Gasteiger charge is -2.32. The van der Waals surface area contributed by atoms with Gasteiger partial charge >= 0.3 is 6.03 Å². The van der Waals surface area contributed by atoms with Crippen molar-refractivity contribution in [1.82, 2.24) is 10.2 Å². The molecule has 1 aliphatic rings. The van der Waals surface area contributed by atoms with Gasteiger partial charge in [-0.25, -0.2) is 4.79 Å². The lowest BCUT2D eigenvalue weighted by atomic mass is 9.97. The van der Waals surface area contributed by atoms with Crippen LogP contribution in [0.4, 0.5) is 10.5 Å². The molecule has 0 spiro atoms. The lowest BCUT2D eigenvalue weighted by Crippen LogP contribution is -2.46. The molecule has 3 rings (SSSR count). The fourth-order valence-electron chi connectivity index (χ4n) is 2.83. The van der Waals surface area contributed by atoms with Crippen molar-refractivity contribution in [3.63, 3.8) is 0 Å². The number of hydrogen-bond acceptors (Lipinski definition) is 3. The molecule has 2 heterocycles. The van der Waals surface area contributed by atoms with Gasteiger partial charge in [0, 0.05) is 23.7 Å². The molecule has 1 fully saturated rings. The third kappa shape index (κ3) is 4.35. The van der Waals surface area contributed by atoms with Crippen LogP contribution in [0.15, 0.2) is 47.8 Å². The van der Waals surface area contributed by atoms with Gasteiger partial charge in [-0.15, -0.1) is 11.3 Å². The fraction of sp³-hybridized carbons (Fsp3) is 0.333. The number of hydrogen-bond donors (Lipinski definition) is 2. The second-order valence-corrected chi connectivity index (χ2v) is 6.91. The third-order valence-corrected chi connectivity index (χ3v) is 5.00. The molecular weight excluding hydrogens is 322 g/mol. The van der Waals surface area contributed by atoms with E-state index < -0.39 is 0 Å². The Morgan fingerprint density at radius 3 is 2.75 bits per heavy atom. The summed E-state index contributed by atoms with van der Waals surface area (Å²) in [4.78, 5) is 27.6. The van der Waals surface area contributed by atoms with Crippen LogP contribution in [0.25, 0.3) is 0 Å². The largest absolute Gasteiger partial charge is 0.351 e. The normalized spacial score (nSPS) is 17.3. The van der Waals surface area contributed by atoms with Crippen molar-refractivity contribution in [3.8, 4) is 0 Å². The summed E-state index contributed by atoms with van der Waals surface area (Å²) in [6, 6.07) is 13.2. The van der Waals surface area contributed by atoms with Gasteiger partial charge in [-0.3, -0.25) is 4.79 Å². The molecule has 1 aliphatic heterocycles. The van der Waals surface area contributed by atoms with Crippen LogP contribution in [0.2, 0.25) is 0 Å². The van der Waals surface area contributed by atoms with Gasteiger partial charge in [0.25, 0.3) is 0 Å². The van der Waals surface area contributed by atoms with Crippen molar-refractivity contribution < 1.29 is 9.59 Å². The number of nitrogens with one attached hydrogen (secondary N) is 2. The number of anilines is 1. The van der Waals surface area contributed by atoms with E-state index in [0.29, 0.717) is 19.6 Å². The van der Waals surface area contributed by atoms with E-state index in [-0.39, 0.29) is 17.9 Å². The molecule has 0 aliphatic carbocycles. The highest BCUT2D eigenvalue weighted by Gasteiger charge is 2.28. The zero-order valence-electron chi connectivity index (χ0n) is 13.4. The summed E-state index contributed by atoms with van der Waals surface area (Å²) in [7, 11) is 0. The Morgan fingerprint density at radius 1 is 1.17 bits per heavy atom. The first-order chi connectivity index (χ1) is 11.7. The molecular formula is C18H21N3O2S. The van der Waals surface area contributed by atoms with Crippen molar-refractivity contribution in [2.45, 2.75) is 19.4 Å². The number of benzene rings is 1. The molecule has 1 saturated heterocycles. The first kappa shape index (κ1) is 16.5. The molecule has 5 nitrogen and oxygen atoms in total. The maximum Gasteiger partial charge on any atom is 0.321 e. The van der Waals surface area contributed by atoms with Gasteiger partial charge in [0.2, 0.25) is 5.91 Å². The number of para-hydroxylation sites is 1. The zero-order chi connectivity index (χ0) is 16.8. The van der Waals surface area contributed by atoms with E-state index in [1.165, 1.54) is 0 Å². The second-order valence-electron chi connectivity index (χ2n) is 5.88. The number of likely N-dealkylation sites (tertiary alicyclic amines) is 1. The topological polar surface area (TPSA) is 61.4 Å². The summed E-state index contributed by atoms with van der Waals surface area (Å²) in [6.07, 6.45) is 1.67. The molecule has 1 atom stereocenters. The number of carbonyl (C=O) groups is 2. The van der Waals surface area contributed by atoms with Crippen molar-refractivity contribution in [1.29, 1.82) is 0 Å². The standard InChI is InChI=1S/C18H21N3O2S/c22-17(19-12-16-9-5-11-24-16)14-6-4-10-21(13-14)18(23)20-15-7-2-1-3-8-15/h1-3,5,7-9,11,14H,4,6,10,12-13H2,(H,19,22)(H,20,23)/t14-/m1/s1. The average molecular weight is 343 g/mol. The number of nitrogens with zero attached hydrogens (tertiary/aromatic N) is 1. The zero-order valence-corrected chi connectivity index (χ0v) is 14.2. The Labute approximate surface area is 145 Å². The maximum atomic E-state index is 12.4. The van der Waals surface area contributed by atoms with E-state index in [1.807, 2.05) is 47.8 Å². The highest BCUT2D eigenvalue weighted by molar-refractivity contribution is 7.09. The average Bonchev–Trinajstić information content (AvgIpc) is 3.14. The van der Waals surface area contributed by atoms with Gasteiger partial charge in [0.15, 0.2) is 0 Å². The minimum Gasteiger partial charge on any atom is -0.351 e. The predicted molar refractivity (Wildman–Crippen MR) is 95.9 cm³/mol. The highest BCUT2D eigenvalue weighted by Crippen LogP contribution is 2.18. The van der Waals surface area contributed by atoms with Crippen LogP contribution in [-0.2, 0) is 11.3 Å². The molecule has 6 heteroatoms. The van der Waals surface area contributed by atoms with Gasteiger partial charge in [-0.05, 0) is 36.4 Å². The molecule has 0 radical (unpaired) electrons. The molecule has 126 valence electrons. The van der Waals surface area contributed by atoms with Crippen LogP contribution in [-0.4, -0.2) is 29.9 Å². The quantitative estimate of drug-likeness (QED) is 0.895. The van der Waals surface area contributed by atoms with E-state index in [1.54, 1.807) is 16.2 Å². The molecule has 2 N–H and O–H groups in total. The first-order valence-corrected chi connectivity index (χ1v) is 9.01. The van der Waals surface area contributed by atoms with E-state index in [9.17, 15) is 9.59 Å². The Balaban J connectivity index is 1.51. The number of urea groups is 1. The van der Waals surface area contributed by atoms with E-state index in [4.69, 9.17) is 0 Å². The molecule has 1 aromatic carbocycles. The SMILES string of the molecule is O=C(NCc1cccs1)[C@@H]1CCCN(C(=O)Nc2ccccc2)C1. The Bertz CT molecular complexity index is 673. The monoisotopic (exact) mass is 343 g/mol. The summed E-state index contributed by atoms with van der Waals surface area (Å²) in [5.74, 6) is -0.110. The van der Waals surface area contributed by atoms with E-state index in [2.05, 4.69) is 10.6 Å². The summed E-state index contributed by atoms with van der Waals surface area (Å²) in [5.41, 5.74) is 0.770. The minimum absolute atomic E-state index is 0.0283. The van der Waals surface area contributed by atoms with Gasteiger partial charge in [-0.1, -0.05) is 24.3 Å². The minimum atomic E-state index is -0.142. The molecule has 24 heavy (non-hydrogen) atoms. The van der Waals surface area contributed by atoms with Crippen molar-refractivity contribution in [2.75, 3.05) is 18.4 Å². The fourth-order valence-corrected chi connectivity index (χ4v) is 3.48. The van der Waals surface area contributed by atoms with Crippen LogP contribution in [0.3, 0.4) is 0 Å². The van der Waals surface area contributed by atoms with Crippen molar-refractivity contribution >= 4 is 29.0 Å². The van der Waals surface area contributed by atoms with Crippen molar-refractivity contribution in [2.24, 2.45) is 5.92 Å². The summed E-state index contributed by atoms with van der Waals surface area (Å²) < 4.78 is 0. The van der Waals surface area contributed by atoms with Gasteiger partial charge in [0.05, 0.1) is 12.5 Å². The molecule has 0 saturated carbocycles. The molecule has 3 amide bonds. The summed E-state index contributed by atoms with van der Waals surface area (Å²) in [6.45, 7) is 1.71. The number of carbonyl (C=O) groups excluding carboxylic acids is 2. The molecule has 0 unspecified atom stereocenters. The second kappa shape index (κ2) is 7.97. The summed E-state index contributed by atoms with van der Waals surface area (Å²) in [5, 5.41) is 7.86.